The van der Waals surface area contributed by atoms with Crippen molar-refractivity contribution in [2.24, 2.45) is 0 Å². The van der Waals surface area contributed by atoms with Crippen molar-refractivity contribution in [1.29, 1.82) is 0 Å². The van der Waals surface area contributed by atoms with Crippen LogP contribution in [-0.2, 0) is 0 Å². The van der Waals surface area contributed by atoms with Crippen LogP contribution in [0.4, 0.5) is 0 Å². The van der Waals surface area contributed by atoms with Crippen molar-refractivity contribution in [3.8, 4) is 17.1 Å². The monoisotopic (exact) mass is 259 g/mol. The minimum absolute atomic E-state index is 0.244. The number of aromatic nitrogens is 2. The summed E-state index contributed by atoms with van der Waals surface area (Å²) in [7, 11) is 3.04. The summed E-state index contributed by atoms with van der Waals surface area (Å²) in [6.07, 6.45) is 0. The first-order valence-electron chi connectivity index (χ1n) is 5.61. The van der Waals surface area contributed by atoms with Crippen LogP contribution in [0.25, 0.3) is 11.4 Å². The first-order valence-corrected chi connectivity index (χ1v) is 5.61. The SMILES string of the molecule is CN(C)C(=O)c1nc(-c2ccccc2)[nH]c(=O)c1O. The molecule has 98 valence electrons. The van der Waals surface area contributed by atoms with E-state index in [1.807, 2.05) is 6.07 Å². The van der Waals surface area contributed by atoms with Crippen molar-refractivity contribution in [3.05, 3.63) is 46.4 Å². The molecule has 0 atom stereocenters. The zero-order valence-electron chi connectivity index (χ0n) is 10.5. The van der Waals surface area contributed by atoms with Gasteiger partial charge in [0.05, 0.1) is 0 Å². The summed E-state index contributed by atoms with van der Waals surface area (Å²) in [4.78, 5) is 31.2. The average molecular weight is 259 g/mol. The van der Waals surface area contributed by atoms with Gasteiger partial charge >= 0.3 is 0 Å². The Bertz CT molecular complexity index is 663. The van der Waals surface area contributed by atoms with E-state index in [-0.39, 0.29) is 11.5 Å². The van der Waals surface area contributed by atoms with Gasteiger partial charge < -0.3 is 15.0 Å². The molecule has 2 aromatic rings. The fraction of sp³-hybridized carbons (Fsp3) is 0.154. The Morgan fingerprint density at radius 3 is 2.47 bits per heavy atom. The van der Waals surface area contributed by atoms with Crippen molar-refractivity contribution in [2.45, 2.75) is 0 Å². The van der Waals surface area contributed by atoms with Gasteiger partial charge in [-0.3, -0.25) is 9.59 Å². The van der Waals surface area contributed by atoms with E-state index >= 15 is 0 Å². The van der Waals surface area contributed by atoms with E-state index in [1.54, 1.807) is 24.3 Å². The van der Waals surface area contributed by atoms with Crippen LogP contribution in [0, 0.1) is 0 Å². The second kappa shape index (κ2) is 4.93. The Hall–Kier alpha value is -2.63. The highest BCUT2D eigenvalue weighted by molar-refractivity contribution is 5.94. The number of hydrogen-bond donors (Lipinski definition) is 2. The molecular formula is C13H13N3O3. The lowest BCUT2D eigenvalue weighted by Crippen LogP contribution is -2.25. The molecule has 0 aliphatic carbocycles. The van der Waals surface area contributed by atoms with Crippen LogP contribution in [0.5, 0.6) is 5.75 Å². The third-order valence-electron chi connectivity index (χ3n) is 2.55. The highest BCUT2D eigenvalue weighted by Gasteiger charge is 2.19. The fourth-order valence-corrected chi connectivity index (χ4v) is 1.56. The van der Waals surface area contributed by atoms with Crippen LogP contribution in [-0.4, -0.2) is 40.0 Å². The molecule has 6 heteroatoms. The van der Waals surface area contributed by atoms with Crippen LogP contribution in [0.15, 0.2) is 35.1 Å². The normalized spacial score (nSPS) is 10.2. The van der Waals surface area contributed by atoms with Crippen molar-refractivity contribution in [3.63, 3.8) is 0 Å². The molecule has 0 bridgehead atoms. The molecule has 0 saturated carbocycles. The molecule has 1 aromatic carbocycles. The van der Waals surface area contributed by atoms with Gasteiger partial charge in [0.2, 0.25) is 5.75 Å². The summed E-state index contributed by atoms with van der Waals surface area (Å²) >= 11 is 0. The molecule has 1 aromatic heterocycles. The summed E-state index contributed by atoms with van der Waals surface area (Å²) in [5, 5.41) is 9.63. The highest BCUT2D eigenvalue weighted by Crippen LogP contribution is 2.17. The second-order valence-corrected chi connectivity index (χ2v) is 4.18. The Morgan fingerprint density at radius 1 is 1.26 bits per heavy atom. The highest BCUT2D eigenvalue weighted by atomic mass is 16.3. The van der Waals surface area contributed by atoms with Gasteiger partial charge in [0.1, 0.15) is 5.82 Å². The molecule has 0 spiro atoms. The molecule has 0 saturated heterocycles. The standard InChI is InChI=1S/C13H13N3O3/c1-16(2)13(19)9-10(17)12(18)15-11(14-9)8-6-4-3-5-7-8/h3-7,17H,1-2H3,(H,14,15,18). The zero-order valence-corrected chi connectivity index (χ0v) is 10.5. The minimum atomic E-state index is -0.737. The molecule has 2 rings (SSSR count). The molecule has 0 unspecified atom stereocenters. The van der Waals surface area contributed by atoms with Crippen molar-refractivity contribution in [2.75, 3.05) is 14.1 Å². The van der Waals surface area contributed by atoms with Crippen molar-refractivity contribution < 1.29 is 9.90 Å². The molecule has 1 amide bonds. The average Bonchev–Trinajstić information content (AvgIpc) is 2.41. The van der Waals surface area contributed by atoms with Crippen molar-refractivity contribution >= 4 is 5.91 Å². The number of rotatable bonds is 2. The number of aromatic amines is 1. The van der Waals surface area contributed by atoms with Gasteiger partial charge in [-0.15, -0.1) is 0 Å². The van der Waals surface area contributed by atoms with E-state index in [4.69, 9.17) is 0 Å². The number of H-pyrrole nitrogens is 1. The van der Waals surface area contributed by atoms with Crippen LogP contribution >= 0.6 is 0 Å². The lowest BCUT2D eigenvalue weighted by atomic mass is 10.2. The Labute approximate surface area is 109 Å². The van der Waals surface area contributed by atoms with Crippen molar-refractivity contribution in [1.82, 2.24) is 14.9 Å². The third kappa shape index (κ3) is 2.47. The van der Waals surface area contributed by atoms with E-state index in [1.165, 1.54) is 19.0 Å². The molecule has 6 nitrogen and oxygen atoms in total. The topological polar surface area (TPSA) is 86.3 Å². The maximum atomic E-state index is 11.9. The smallest absolute Gasteiger partial charge is 0.294 e. The summed E-state index contributed by atoms with van der Waals surface area (Å²) < 4.78 is 0. The summed E-state index contributed by atoms with van der Waals surface area (Å²) in [6, 6.07) is 8.90. The van der Waals surface area contributed by atoms with E-state index in [2.05, 4.69) is 9.97 Å². The summed E-state index contributed by atoms with van der Waals surface area (Å²) in [5.41, 5.74) is -0.334. The number of nitrogens with one attached hydrogen (secondary N) is 1. The van der Waals surface area contributed by atoms with Gasteiger partial charge in [-0.25, -0.2) is 4.98 Å². The lowest BCUT2D eigenvalue weighted by molar-refractivity contribution is 0.0818. The number of amides is 1. The minimum Gasteiger partial charge on any atom is -0.501 e. The van der Waals surface area contributed by atoms with Gasteiger partial charge in [0.25, 0.3) is 11.5 Å². The van der Waals surface area contributed by atoms with E-state index < -0.39 is 17.2 Å². The predicted octanol–water partition coefficient (Wildman–Crippen LogP) is 0.844. The van der Waals surface area contributed by atoms with E-state index in [0.29, 0.717) is 5.56 Å². The molecule has 0 fully saturated rings. The quantitative estimate of drug-likeness (QED) is 0.837. The predicted molar refractivity (Wildman–Crippen MR) is 70.0 cm³/mol. The first-order chi connectivity index (χ1) is 9.00. The molecule has 19 heavy (non-hydrogen) atoms. The van der Waals surface area contributed by atoms with Gasteiger partial charge in [-0.1, -0.05) is 30.3 Å². The number of aromatic hydroxyl groups is 1. The molecule has 0 aliphatic heterocycles. The molecule has 0 radical (unpaired) electrons. The summed E-state index contributed by atoms with van der Waals surface area (Å²) in [6.45, 7) is 0. The zero-order chi connectivity index (χ0) is 14.0. The first kappa shape index (κ1) is 12.8. The second-order valence-electron chi connectivity index (χ2n) is 4.18. The molecular weight excluding hydrogens is 246 g/mol. The maximum absolute atomic E-state index is 11.9. The lowest BCUT2D eigenvalue weighted by Gasteiger charge is -2.11. The third-order valence-corrected chi connectivity index (χ3v) is 2.55. The number of benzene rings is 1. The van der Waals surface area contributed by atoms with Gasteiger partial charge in [-0.05, 0) is 0 Å². The Kier molecular flexibility index (Phi) is 3.33. The van der Waals surface area contributed by atoms with E-state index in [9.17, 15) is 14.7 Å². The van der Waals surface area contributed by atoms with Gasteiger partial charge in [0, 0.05) is 19.7 Å². The van der Waals surface area contributed by atoms with Gasteiger partial charge in [-0.2, -0.15) is 0 Å². The van der Waals surface area contributed by atoms with Crippen LogP contribution in [0.1, 0.15) is 10.5 Å². The maximum Gasteiger partial charge on any atom is 0.294 e. The molecule has 1 heterocycles. The molecule has 0 aliphatic rings. The summed E-state index contributed by atoms with van der Waals surface area (Å²) in [5.74, 6) is -0.951. The largest absolute Gasteiger partial charge is 0.501 e. The Morgan fingerprint density at radius 2 is 1.89 bits per heavy atom. The Balaban J connectivity index is 2.61. The number of hydrogen-bond acceptors (Lipinski definition) is 4. The van der Waals surface area contributed by atoms with Gasteiger partial charge in [0.15, 0.2) is 5.69 Å². The fourth-order valence-electron chi connectivity index (χ4n) is 1.56. The number of carbonyl (C=O) groups is 1. The molecule has 2 N–H and O–H groups in total. The number of carbonyl (C=O) groups excluding carboxylic acids is 1. The van der Waals surface area contributed by atoms with Crippen LogP contribution in [0.2, 0.25) is 0 Å². The van der Waals surface area contributed by atoms with Crippen LogP contribution in [0.3, 0.4) is 0 Å². The van der Waals surface area contributed by atoms with Crippen LogP contribution < -0.4 is 5.56 Å². The number of nitrogens with zero attached hydrogens (tertiary/aromatic N) is 2. The van der Waals surface area contributed by atoms with E-state index in [0.717, 1.165) is 0 Å².